The predicted octanol–water partition coefficient (Wildman–Crippen LogP) is 3.71. The van der Waals surface area contributed by atoms with Crippen molar-refractivity contribution >= 4 is 34.6 Å². The Morgan fingerprint density at radius 3 is 2.44 bits per heavy atom. The Hall–Kier alpha value is -1.86. The molecule has 1 aliphatic heterocycles. The topological polar surface area (TPSA) is 45.8 Å². The molecular formula is C20H24ClN3O2S. The van der Waals surface area contributed by atoms with E-state index >= 15 is 0 Å². The van der Waals surface area contributed by atoms with E-state index < -0.39 is 0 Å². The van der Waals surface area contributed by atoms with Crippen LogP contribution in [0.1, 0.15) is 11.6 Å². The Bertz CT molecular complexity index is 734. The lowest BCUT2D eigenvalue weighted by molar-refractivity contribution is 0.0170. The molecule has 2 N–H and O–H groups in total. The number of thiocarbonyl (C=S) groups is 1. The highest BCUT2D eigenvalue weighted by Crippen LogP contribution is 2.23. The second kappa shape index (κ2) is 9.90. The number of ether oxygens (including phenoxy) is 2. The van der Waals surface area contributed by atoms with Crippen molar-refractivity contribution in [1.29, 1.82) is 0 Å². The zero-order valence-corrected chi connectivity index (χ0v) is 16.9. The lowest BCUT2D eigenvalue weighted by Gasteiger charge is -2.35. The molecule has 144 valence electrons. The third kappa shape index (κ3) is 5.81. The summed E-state index contributed by atoms with van der Waals surface area (Å²) >= 11 is 11.4. The van der Waals surface area contributed by atoms with Gasteiger partial charge in [0.15, 0.2) is 5.11 Å². The van der Waals surface area contributed by atoms with Gasteiger partial charge in [-0.25, -0.2) is 0 Å². The SMILES string of the molecule is COc1ccc(C(CNC(=S)Nc2ccc(Cl)cc2)N2CCOCC2)cc1. The van der Waals surface area contributed by atoms with E-state index in [-0.39, 0.29) is 6.04 Å². The van der Waals surface area contributed by atoms with Crippen LogP contribution in [-0.2, 0) is 4.74 Å². The zero-order chi connectivity index (χ0) is 19.1. The van der Waals surface area contributed by atoms with E-state index in [1.807, 2.05) is 36.4 Å². The molecule has 1 heterocycles. The number of nitrogens with one attached hydrogen (secondary N) is 2. The Morgan fingerprint density at radius 1 is 1.15 bits per heavy atom. The standard InChI is InChI=1S/C20H24ClN3O2S/c1-25-18-8-2-15(3-9-18)19(24-10-12-26-13-11-24)14-22-20(27)23-17-6-4-16(21)5-7-17/h2-9,19H,10-14H2,1H3,(H2,22,23,27). The molecule has 7 heteroatoms. The first-order valence-electron chi connectivity index (χ1n) is 8.92. The molecule has 0 bridgehead atoms. The Labute approximate surface area is 170 Å². The highest BCUT2D eigenvalue weighted by atomic mass is 35.5. The van der Waals surface area contributed by atoms with Crippen LogP contribution in [0.25, 0.3) is 0 Å². The van der Waals surface area contributed by atoms with Crippen molar-refractivity contribution in [1.82, 2.24) is 10.2 Å². The van der Waals surface area contributed by atoms with Crippen molar-refractivity contribution in [3.8, 4) is 5.75 Å². The van der Waals surface area contributed by atoms with Crippen LogP contribution in [0, 0.1) is 0 Å². The van der Waals surface area contributed by atoms with E-state index in [0.29, 0.717) is 16.7 Å². The van der Waals surface area contributed by atoms with Crippen LogP contribution < -0.4 is 15.4 Å². The molecule has 1 saturated heterocycles. The monoisotopic (exact) mass is 405 g/mol. The quantitative estimate of drug-likeness (QED) is 0.714. The van der Waals surface area contributed by atoms with Crippen LogP contribution in [0.4, 0.5) is 5.69 Å². The first-order valence-corrected chi connectivity index (χ1v) is 9.70. The summed E-state index contributed by atoms with van der Waals surface area (Å²) in [6, 6.07) is 15.9. The number of hydrogen-bond donors (Lipinski definition) is 2. The van der Waals surface area contributed by atoms with Crippen LogP contribution in [-0.4, -0.2) is 50.0 Å². The van der Waals surface area contributed by atoms with Crippen LogP contribution in [0.2, 0.25) is 5.02 Å². The number of halogens is 1. The van der Waals surface area contributed by atoms with Crippen LogP contribution in [0.15, 0.2) is 48.5 Å². The largest absolute Gasteiger partial charge is 0.497 e. The molecular weight excluding hydrogens is 382 g/mol. The fourth-order valence-corrected chi connectivity index (χ4v) is 3.40. The van der Waals surface area contributed by atoms with Gasteiger partial charge in [0.2, 0.25) is 0 Å². The van der Waals surface area contributed by atoms with Crippen molar-refractivity contribution in [3.05, 3.63) is 59.1 Å². The molecule has 27 heavy (non-hydrogen) atoms. The second-order valence-corrected chi connectivity index (χ2v) is 7.12. The maximum absolute atomic E-state index is 5.93. The Morgan fingerprint density at radius 2 is 1.81 bits per heavy atom. The lowest BCUT2D eigenvalue weighted by atomic mass is 10.0. The molecule has 2 aromatic rings. The van der Waals surface area contributed by atoms with Crippen LogP contribution in [0.3, 0.4) is 0 Å². The fourth-order valence-electron chi connectivity index (χ4n) is 3.07. The summed E-state index contributed by atoms with van der Waals surface area (Å²) in [6.07, 6.45) is 0. The van der Waals surface area contributed by atoms with E-state index in [0.717, 1.165) is 37.7 Å². The molecule has 0 aliphatic carbocycles. The normalized spacial score (nSPS) is 15.8. The lowest BCUT2D eigenvalue weighted by Crippen LogP contribution is -2.44. The van der Waals surface area contributed by atoms with Crippen molar-refractivity contribution in [3.63, 3.8) is 0 Å². The summed E-state index contributed by atoms with van der Waals surface area (Å²) in [5.41, 5.74) is 2.13. The Kier molecular flexibility index (Phi) is 7.29. The van der Waals surface area contributed by atoms with E-state index in [2.05, 4.69) is 27.7 Å². The summed E-state index contributed by atoms with van der Waals surface area (Å²) in [4.78, 5) is 2.42. The third-order valence-corrected chi connectivity index (χ3v) is 5.04. The molecule has 5 nitrogen and oxygen atoms in total. The van der Waals surface area contributed by atoms with Crippen molar-refractivity contribution < 1.29 is 9.47 Å². The number of anilines is 1. The Balaban J connectivity index is 1.64. The number of morpholine rings is 1. The highest BCUT2D eigenvalue weighted by Gasteiger charge is 2.22. The van der Waals surface area contributed by atoms with Gasteiger partial charge >= 0.3 is 0 Å². The molecule has 0 aromatic heterocycles. The zero-order valence-electron chi connectivity index (χ0n) is 15.3. The minimum absolute atomic E-state index is 0.199. The van der Waals surface area contributed by atoms with Crippen molar-refractivity contribution in [2.45, 2.75) is 6.04 Å². The summed E-state index contributed by atoms with van der Waals surface area (Å²) in [7, 11) is 1.68. The van der Waals surface area contributed by atoms with E-state index in [1.165, 1.54) is 5.56 Å². The predicted molar refractivity (Wildman–Crippen MR) is 114 cm³/mol. The summed E-state index contributed by atoms with van der Waals surface area (Å²) in [5.74, 6) is 0.854. The molecule has 1 atom stereocenters. The summed E-state index contributed by atoms with van der Waals surface area (Å²) < 4.78 is 10.8. The molecule has 0 radical (unpaired) electrons. The molecule has 0 spiro atoms. The van der Waals surface area contributed by atoms with Crippen molar-refractivity contribution in [2.24, 2.45) is 0 Å². The average molecular weight is 406 g/mol. The number of benzene rings is 2. The van der Waals surface area contributed by atoms with Crippen LogP contribution in [0.5, 0.6) is 5.75 Å². The summed E-state index contributed by atoms with van der Waals surface area (Å²) in [5, 5.41) is 7.83. The fraction of sp³-hybridized carbons (Fsp3) is 0.350. The number of rotatable bonds is 6. The van der Waals surface area contributed by atoms with Gasteiger partial charge in [0.1, 0.15) is 5.75 Å². The van der Waals surface area contributed by atoms with Gasteiger partial charge in [-0.15, -0.1) is 0 Å². The minimum atomic E-state index is 0.199. The van der Waals surface area contributed by atoms with Gasteiger partial charge in [0.05, 0.1) is 26.4 Å². The molecule has 1 unspecified atom stereocenters. The summed E-state index contributed by atoms with van der Waals surface area (Å²) in [6.45, 7) is 4.00. The van der Waals surface area contributed by atoms with Gasteiger partial charge < -0.3 is 20.1 Å². The number of nitrogens with zero attached hydrogens (tertiary/aromatic N) is 1. The molecule has 0 amide bonds. The van der Waals surface area contributed by atoms with E-state index in [4.69, 9.17) is 33.3 Å². The first kappa shape index (κ1) is 19.9. The van der Waals surface area contributed by atoms with Gasteiger partial charge in [-0.2, -0.15) is 0 Å². The molecule has 0 saturated carbocycles. The number of methoxy groups -OCH3 is 1. The average Bonchev–Trinajstić information content (AvgIpc) is 2.71. The van der Waals surface area contributed by atoms with Crippen molar-refractivity contribution in [2.75, 3.05) is 45.3 Å². The third-order valence-electron chi connectivity index (χ3n) is 4.55. The van der Waals surface area contributed by atoms with Gasteiger partial charge in [0, 0.05) is 30.3 Å². The van der Waals surface area contributed by atoms with E-state index in [9.17, 15) is 0 Å². The van der Waals surface area contributed by atoms with Gasteiger partial charge in [0.25, 0.3) is 0 Å². The highest BCUT2D eigenvalue weighted by molar-refractivity contribution is 7.80. The van der Waals surface area contributed by atoms with Gasteiger partial charge in [-0.3, -0.25) is 4.90 Å². The van der Waals surface area contributed by atoms with Gasteiger partial charge in [-0.05, 0) is 54.2 Å². The smallest absolute Gasteiger partial charge is 0.170 e. The first-order chi connectivity index (χ1) is 13.2. The maximum Gasteiger partial charge on any atom is 0.170 e. The van der Waals surface area contributed by atoms with Gasteiger partial charge in [-0.1, -0.05) is 23.7 Å². The van der Waals surface area contributed by atoms with Crippen LogP contribution >= 0.6 is 23.8 Å². The minimum Gasteiger partial charge on any atom is -0.497 e. The number of hydrogen-bond acceptors (Lipinski definition) is 4. The molecule has 2 aromatic carbocycles. The molecule has 1 aliphatic rings. The molecule has 3 rings (SSSR count). The van der Waals surface area contributed by atoms with E-state index in [1.54, 1.807) is 7.11 Å². The molecule has 1 fully saturated rings. The second-order valence-electron chi connectivity index (χ2n) is 6.28. The maximum atomic E-state index is 5.93.